The fourth-order valence-electron chi connectivity index (χ4n) is 2.66. The number of rotatable bonds is 4. The summed E-state index contributed by atoms with van der Waals surface area (Å²) in [5.41, 5.74) is 0.550. The van der Waals surface area contributed by atoms with Crippen LogP contribution in [-0.2, 0) is 19.1 Å². The Hall–Kier alpha value is -2.18. The lowest BCUT2D eigenvalue weighted by atomic mass is 10.0. The van der Waals surface area contributed by atoms with E-state index in [4.69, 9.17) is 21.1 Å². The van der Waals surface area contributed by atoms with Gasteiger partial charge in [-0.3, -0.25) is 4.79 Å². The van der Waals surface area contributed by atoms with E-state index in [1.807, 2.05) is 19.1 Å². The zero-order chi connectivity index (χ0) is 19.9. The van der Waals surface area contributed by atoms with Crippen LogP contribution in [0.15, 0.2) is 30.0 Å². The van der Waals surface area contributed by atoms with Crippen molar-refractivity contribution in [2.75, 3.05) is 0 Å². The molecule has 0 aliphatic carbocycles. The molecule has 7 heteroatoms. The average Bonchev–Trinajstić information content (AvgIpc) is 3.05. The molecule has 1 aromatic heterocycles. The van der Waals surface area contributed by atoms with Crippen molar-refractivity contribution in [3.63, 3.8) is 0 Å². The standard InChI is InChI=1S/C20H20ClNO4S/c1-10(2)18(23)25-16-14(19(24)26-20(16,4)5)15-11(3)27-17(22-15)12-6-8-13(21)9-7-12/h6-10H,1-5H3. The third-order valence-electron chi connectivity index (χ3n) is 4.12. The van der Waals surface area contributed by atoms with Crippen LogP contribution in [0.2, 0.25) is 5.02 Å². The molecule has 1 aromatic carbocycles. The molecular formula is C20H20ClNO4S. The van der Waals surface area contributed by atoms with Crippen LogP contribution in [0.5, 0.6) is 0 Å². The van der Waals surface area contributed by atoms with E-state index in [2.05, 4.69) is 4.98 Å². The average molecular weight is 406 g/mol. The zero-order valence-electron chi connectivity index (χ0n) is 15.8. The number of thiazole rings is 1. The number of benzene rings is 1. The highest BCUT2D eigenvalue weighted by Crippen LogP contribution is 2.41. The second-order valence-corrected chi connectivity index (χ2v) is 8.75. The molecule has 0 bridgehead atoms. The summed E-state index contributed by atoms with van der Waals surface area (Å²) in [4.78, 5) is 30.2. The third-order valence-corrected chi connectivity index (χ3v) is 5.40. The summed E-state index contributed by atoms with van der Waals surface area (Å²) in [7, 11) is 0. The van der Waals surface area contributed by atoms with Gasteiger partial charge < -0.3 is 9.47 Å². The van der Waals surface area contributed by atoms with Gasteiger partial charge in [-0.2, -0.15) is 0 Å². The molecule has 0 amide bonds. The van der Waals surface area contributed by atoms with Crippen LogP contribution in [-0.4, -0.2) is 22.5 Å². The predicted octanol–water partition coefficient (Wildman–Crippen LogP) is 5.02. The molecule has 0 fully saturated rings. The van der Waals surface area contributed by atoms with E-state index in [0.29, 0.717) is 10.7 Å². The van der Waals surface area contributed by atoms with Crippen molar-refractivity contribution in [3.05, 3.63) is 45.6 Å². The topological polar surface area (TPSA) is 65.5 Å². The molecule has 3 rings (SSSR count). The summed E-state index contributed by atoms with van der Waals surface area (Å²) < 4.78 is 11.0. The first-order valence-corrected chi connectivity index (χ1v) is 9.73. The molecule has 2 aromatic rings. The number of esters is 2. The summed E-state index contributed by atoms with van der Waals surface area (Å²) in [5.74, 6) is -1.07. The molecule has 0 unspecified atom stereocenters. The number of cyclic esters (lactones) is 1. The first-order valence-electron chi connectivity index (χ1n) is 8.53. The van der Waals surface area contributed by atoms with E-state index in [-0.39, 0.29) is 17.3 Å². The number of hydrogen-bond donors (Lipinski definition) is 0. The number of halogens is 1. The highest BCUT2D eigenvalue weighted by Gasteiger charge is 2.45. The first-order chi connectivity index (χ1) is 12.6. The Morgan fingerprint density at radius 3 is 2.48 bits per heavy atom. The highest BCUT2D eigenvalue weighted by molar-refractivity contribution is 7.15. The van der Waals surface area contributed by atoms with Gasteiger partial charge in [0, 0.05) is 15.5 Å². The van der Waals surface area contributed by atoms with Crippen LogP contribution in [0.4, 0.5) is 0 Å². The maximum Gasteiger partial charge on any atom is 0.345 e. The van der Waals surface area contributed by atoms with E-state index < -0.39 is 17.5 Å². The third kappa shape index (κ3) is 3.77. The Kier molecular flexibility index (Phi) is 5.14. The number of nitrogens with zero attached hydrogens (tertiary/aromatic N) is 1. The molecule has 0 saturated heterocycles. The Balaban J connectivity index is 2.10. The van der Waals surface area contributed by atoms with Gasteiger partial charge >= 0.3 is 11.9 Å². The van der Waals surface area contributed by atoms with Crippen LogP contribution in [0.25, 0.3) is 16.1 Å². The molecule has 5 nitrogen and oxygen atoms in total. The number of carbonyl (C=O) groups is 2. The Morgan fingerprint density at radius 2 is 1.89 bits per heavy atom. The molecular weight excluding hydrogens is 386 g/mol. The van der Waals surface area contributed by atoms with Crippen LogP contribution >= 0.6 is 22.9 Å². The summed E-state index contributed by atoms with van der Waals surface area (Å²) in [5, 5.41) is 1.39. The molecule has 1 aliphatic rings. The molecule has 0 atom stereocenters. The number of carbonyl (C=O) groups excluding carboxylic acids is 2. The second-order valence-electron chi connectivity index (χ2n) is 7.11. The lowest BCUT2D eigenvalue weighted by Gasteiger charge is -2.21. The Morgan fingerprint density at radius 1 is 1.26 bits per heavy atom. The number of ether oxygens (including phenoxy) is 2. The van der Waals surface area contributed by atoms with Gasteiger partial charge in [-0.1, -0.05) is 37.6 Å². The molecule has 0 spiro atoms. The molecule has 1 aliphatic heterocycles. The number of aryl methyl sites for hydroxylation is 1. The van der Waals surface area contributed by atoms with Gasteiger partial charge in [0.2, 0.25) is 0 Å². The predicted molar refractivity (Wildman–Crippen MR) is 105 cm³/mol. The van der Waals surface area contributed by atoms with Crippen molar-refractivity contribution < 1.29 is 19.1 Å². The van der Waals surface area contributed by atoms with E-state index >= 15 is 0 Å². The van der Waals surface area contributed by atoms with Crippen LogP contribution < -0.4 is 0 Å². The molecule has 0 saturated carbocycles. The summed E-state index contributed by atoms with van der Waals surface area (Å²) in [6.07, 6.45) is 0. The van der Waals surface area contributed by atoms with E-state index in [9.17, 15) is 9.59 Å². The van der Waals surface area contributed by atoms with Gasteiger partial charge in [0.1, 0.15) is 10.6 Å². The van der Waals surface area contributed by atoms with Crippen molar-refractivity contribution in [3.8, 4) is 10.6 Å². The minimum absolute atomic E-state index is 0.210. The van der Waals surface area contributed by atoms with E-state index in [1.54, 1.807) is 39.8 Å². The summed E-state index contributed by atoms with van der Waals surface area (Å²) in [6.45, 7) is 8.74. The van der Waals surface area contributed by atoms with Crippen molar-refractivity contribution >= 4 is 40.4 Å². The SMILES string of the molecule is Cc1sc(-c2ccc(Cl)cc2)nc1C1=C(OC(=O)C(C)C)C(C)(C)OC1=O. The molecule has 0 radical (unpaired) electrons. The summed E-state index contributed by atoms with van der Waals surface area (Å²) in [6, 6.07) is 7.31. The van der Waals surface area contributed by atoms with Gasteiger partial charge in [-0.25, -0.2) is 9.78 Å². The fraction of sp³-hybridized carbons (Fsp3) is 0.350. The Labute approximate surface area is 167 Å². The quantitative estimate of drug-likeness (QED) is 0.668. The molecule has 2 heterocycles. The van der Waals surface area contributed by atoms with E-state index in [0.717, 1.165) is 15.4 Å². The van der Waals surface area contributed by atoms with Gasteiger partial charge in [0.25, 0.3) is 0 Å². The Bertz CT molecular complexity index is 941. The van der Waals surface area contributed by atoms with Crippen molar-refractivity contribution in [2.45, 2.75) is 40.2 Å². The van der Waals surface area contributed by atoms with Crippen LogP contribution in [0.3, 0.4) is 0 Å². The van der Waals surface area contributed by atoms with Crippen LogP contribution in [0, 0.1) is 12.8 Å². The largest absolute Gasteiger partial charge is 0.448 e. The molecule has 27 heavy (non-hydrogen) atoms. The number of aromatic nitrogens is 1. The van der Waals surface area contributed by atoms with Crippen molar-refractivity contribution in [1.82, 2.24) is 4.98 Å². The van der Waals surface area contributed by atoms with Gasteiger partial charge in [0.05, 0.1) is 11.6 Å². The molecule has 0 N–H and O–H groups in total. The van der Waals surface area contributed by atoms with Gasteiger partial charge in [-0.05, 0) is 32.9 Å². The number of hydrogen-bond acceptors (Lipinski definition) is 6. The van der Waals surface area contributed by atoms with Crippen molar-refractivity contribution in [1.29, 1.82) is 0 Å². The van der Waals surface area contributed by atoms with Crippen molar-refractivity contribution in [2.24, 2.45) is 5.92 Å². The maximum absolute atomic E-state index is 12.6. The van der Waals surface area contributed by atoms with Crippen LogP contribution in [0.1, 0.15) is 38.3 Å². The zero-order valence-corrected chi connectivity index (χ0v) is 17.3. The van der Waals surface area contributed by atoms with Gasteiger partial charge in [0.15, 0.2) is 11.4 Å². The maximum atomic E-state index is 12.6. The monoisotopic (exact) mass is 405 g/mol. The lowest BCUT2D eigenvalue weighted by Crippen LogP contribution is -2.27. The minimum Gasteiger partial charge on any atom is -0.448 e. The second kappa shape index (κ2) is 7.09. The fourth-order valence-corrected chi connectivity index (χ4v) is 3.72. The molecule has 142 valence electrons. The van der Waals surface area contributed by atoms with E-state index in [1.165, 1.54) is 11.3 Å². The first kappa shape index (κ1) is 19.6. The highest BCUT2D eigenvalue weighted by atomic mass is 35.5. The smallest absolute Gasteiger partial charge is 0.345 e. The summed E-state index contributed by atoms with van der Waals surface area (Å²) >= 11 is 7.40. The lowest BCUT2D eigenvalue weighted by molar-refractivity contribution is -0.151. The minimum atomic E-state index is -1.03. The normalized spacial score (nSPS) is 16.0. The van der Waals surface area contributed by atoms with Gasteiger partial charge in [-0.15, -0.1) is 11.3 Å².